The Bertz CT molecular complexity index is 482. The minimum atomic E-state index is -0.364. The van der Waals surface area contributed by atoms with E-state index in [1.807, 2.05) is 18.2 Å². The van der Waals surface area contributed by atoms with Crippen LogP contribution in [0.2, 0.25) is 0 Å². The third kappa shape index (κ3) is 2.89. The SMILES string of the molecule is O=C(CCOc1cccc2c1CCC2O)NC1CC1. The topological polar surface area (TPSA) is 58.6 Å². The molecule has 1 aromatic carbocycles. The van der Waals surface area contributed by atoms with Crippen LogP contribution >= 0.6 is 0 Å². The number of aliphatic hydroxyl groups excluding tert-OH is 1. The second-order valence-electron chi connectivity index (χ2n) is 5.32. The van der Waals surface area contributed by atoms with Crippen molar-refractivity contribution in [2.45, 2.75) is 44.2 Å². The van der Waals surface area contributed by atoms with E-state index in [0.29, 0.717) is 19.1 Å². The van der Waals surface area contributed by atoms with E-state index < -0.39 is 0 Å². The Morgan fingerprint density at radius 1 is 1.37 bits per heavy atom. The Morgan fingerprint density at radius 3 is 3.00 bits per heavy atom. The van der Waals surface area contributed by atoms with Gasteiger partial charge in [0, 0.05) is 11.6 Å². The van der Waals surface area contributed by atoms with Crippen LogP contribution in [-0.4, -0.2) is 23.7 Å². The van der Waals surface area contributed by atoms with Crippen molar-refractivity contribution in [2.75, 3.05) is 6.61 Å². The molecule has 0 heterocycles. The van der Waals surface area contributed by atoms with E-state index in [2.05, 4.69) is 5.32 Å². The molecule has 102 valence electrons. The summed E-state index contributed by atoms with van der Waals surface area (Å²) in [5, 5.41) is 12.7. The van der Waals surface area contributed by atoms with E-state index in [1.54, 1.807) is 0 Å². The van der Waals surface area contributed by atoms with Crippen LogP contribution in [0.1, 0.15) is 42.9 Å². The van der Waals surface area contributed by atoms with Crippen LogP contribution in [0.25, 0.3) is 0 Å². The first-order valence-corrected chi connectivity index (χ1v) is 6.96. The van der Waals surface area contributed by atoms with Gasteiger partial charge in [-0.05, 0) is 37.3 Å². The number of carbonyl (C=O) groups is 1. The van der Waals surface area contributed by atoms with Gasteiger partial charge in [0.05, 0.1) is 19.1 Å². The van der Waals surface area contributed by atoms with Crippen LogP contribution in [0, 0.1) is 0 Å². The third-order valence-electron chi connectivity index (χ3n) is 3.73. The van der Waals surface area contributed by atoms with Gasteiger partial charge in [-0.25, -0.2) is 0 Å². The van der Waals surface area contributed by atoms with Gasteiger partial charge in [0.1, 0.15) is 5.75 Å². The van der Waals surface area contributed by atoms with Gasteiger partial charge in [-0.3, -0.25) is 4.79 Å². The van der Waals surface area contributed by atoms with Crippen molar-refractivity contribution in [3.63, 3.8) is 0 Å². The molecule has 1 saturated carbocycles. The summed E-state index contributed by atoms with van der Waals surface area (Å²) in [5.74, 6) is 0.878. The molecule has 1 amide bonds. The van der Waals surface area contributed by atoms with Gasteiger partial charge >= 0.3 is 0 Å². The monoisotopic (exact) mass is 261 g/mol. The van der Waals surface area contributed by atoms with Crippen molar-refractivity contribution in [2.24, 2.45) is 0 Å². The van der Waals surface area contributed by atoms with E-state index in [9.17, 15) is 9.90 Å². The molecule has 0 radical (unpaired) electrons. The molecule has 4 heteroatoms. The first kappa shape index (κ1) is 12.5. The molecule has 2 aliphatic rings. The average molecular weight is 261 g/mol. The highest BCUT2D eigenvalue weighted by molar-refractivity contribution is 5.76. The fraction of sp³-hybridized carbons (Fsp3) is 0.533. The molecule has 2 N–H and O–H groups in total. The number of ether oxygens (including phenoxy) is 1. The number of nitrogens with one attached hydrogen (secondary N) is 1. The highest BCUT2D eigenvalue weighted by Gasteiger charge is 2.24. The second-order valence-corrected chi connectivity index (χ2v) is 5.32. The van der Waals surface area contributed by atoms with Crippen LogP contribution < -0.4 is 10.1 Å². The van der Waals surface area contributed by atoms with Crippen LogP contribution in [0.5, 0.6) is 5.75 Å². The first-order valence-electron chi connectivity index (χ1n) is 6.96. The summed E-state index contributed by atoms with van der Waals surface area (Å²) in [6, 6.07) is 6.16. The summed E-state index contributed by atoms with van der Waals surface area (Å²) < 4.78 is 5.70. The summed E-state index contributed by atoms with van der Waals surface area (Å²) in [6.45, 7) is 0.394. The molecule has 1 atom stereocenters. The Labute approximate surface area is 112 Å². The van der Waals surface area contributed by atoms with E-state index in [4.69, 9.17) is 4.74 Å². The molecule has 2 aliphatic carbocycles. The lowest BCUT2D eigenvalue weighted by atomic mass is 10.1. The average Bonchev–Trinajstić information content (AvgIpc) is 3.12. The summed E-state index contributed by atoms with van der Waals surface area (Å²) in [6.07, 6.45) is 3.85. The maximum absolute atomic E-state index is 11.5. The number of hydrogen-bond acceptors (Lipinski definition) is 3. The van der Waals surface area contributed by atoms with Crippen molar-refractivity contribution in [1.29, 1.82) is 0 Å². The lowest BCUT2D eigenvalue weighted by Crippen LogP contribution is -2.26. The molecular weight excluding hydrogens is 242 g/mol. The van der Waals surface area contributed by atoms with Gasteiger partial charge < -0.3 is 15.2 Å². The van der Waals surface area contributed by atoms with Crippen LogP contribution in [0.3, 0.4) is 0 Å². The second kappa shape index (κ2) is 5.21. The molecule has 1 unspecified atom stereocenters. The Hall–Kier alpha value is -1.55. The Morgan fingerprint density at radius 2 is 2.21 bits per heavy atom. The largest absolute Gasteiger partial charge is 0.493 e. The quantitative estimate of drug-likeness (QED) is 0.848. The summed E-state index contributed by atoms with van der Waals surface area (Å²) in [4.78, 5) is 11.5. The van der Waals surface area contributed by atoms with E-state index >= 15 is 0 Å². The molecular formula is C15H19NO3. The lowest BCUT2D eigenvalue weighted by molar-refractivity contribution is -0.121. The van der Waals surface area contributed by atoms with E-state index in [1.165, 1.54) is 0 Å². The minimum Gasteiger partial charge on any atom is -0.493 e. The summed E-state index contributed by atoms with van der Waals surface area (Å²) in [5.41, 5.74) is 2.07. The molecule has 0 aliphatic heterocycles. The number of fused-ring (bicyclic) bond motifs is 1. The van der Waals surface area contributed by atoms with Gasteiger partial charge in [-0.1, -0.05) is 12.1 Å². The highest BCUT2D eigenvalue weighted by Crippen LogP contribution is 2.36. The number of benzene rings is 1. The predicted octanol–water partition coefficient (Wildman–Crippen LogP) is 1.71. The zero-order valence-corrected chi connectivity index (χ0v) is 10.9. The maximum Gasteiger partial charge on any atom is 0.223 e. The zero-order valence-electron chi connectivity index (χ0n) is 10.9. The fourth-order valence-corrected chi connectivity index (χ4v) is 2.52. The lowest BCUT2D eigenvalue weighted by Gasteiger charge is -2.11. The number of hydrogen-bond donors (Lipinski definition) is 2. The number of aliphatic hydroxyl groups is 1. The molecule has 1 fully saturated rings. The summed E-state index contributed by atoms with van der Waals surface area (Å²) >= 11 is 0. The van der Waals surface area contributed by atoms with Gasteiger partial charge in [0.15, 0.2) is 0 Å². The van der Waals surface area contributed by atoms with Crippen molar-refractivity contribution in [3.05, 3.63) is 29.3 Å². The molecule has 0 aromatic heterocycles. The van der Waals surface area contributed by atoms with Gasteiger partial charge in [0.25, 0.3) is 0 Å². The van der Waals surface area contributed by atoms with Crippen molar-refractivity contribution in [1.82, 2.24) is 5.32 Å². The molecule has 0 spiro atoms. The third-order valence-corrected chi connectivity index (χ3v) is 3.73. The van der Waals surface area contributed by atoms with Gasteiger partial charge in [0.2, 0.25) is 5.91 Å². The summed E-state index contributed by atoms with van der Waals surface area (Å²) in [7, 11) is 0. The number of amides is 1. The molecule has 4 nitrogen and oxygen atoms in total. The van der Waals surface area contributed by atoms with Crippen molar-refractivity contribution >= 4 is 5.91 Å². The highest BCUT2D eigenvalue weighted by atomic mass is 16.5. The fourth-order valence-electron chi connectivity index (χ4n) is 2.52. The van der Waals surface area contributed by atoms with Crippen molar-refractivity contribution in [3.8, 4) is 5.75 Å². The smallest absolute Gasteiger partial charge is 0.223 e. The standard InChI is InChI=1S/C15H19NO3/c17-13-7-6-12-11(13)2-1-3-14(12)19-9-8-15(18)16-10-4-5-10/h1-3,10,13,17H,4-9H2,(H,16,18). The maximum atomic E-state index is 11.5. The molecule has 19 heavy (non-hydrogen) atoms. The van der Waals surface area contributed by atoms with Crippen LogP contribution in [0.4, 0.5) is 0 Å². The molecule has 0 bridgehead atoms. The van der Waals surface area contributed by atoms with E-state index in [-0.39, 0.29) is 12.0 Å². The van der Waals surface area contributed by atoms with Crippen molar-refractivity contribution < 1.29 is 14.6 Å². The molecule has 3 rings (SSSR count). The first-order chi connectivity index (χ1) is 9.24. The predicted molar refractivity (Wildman–Crippen MR) is 71.0 cm³/mol. The van der Waals surface area contributed by atoms with Gasteiger partial charge in [-0.2, -0.15) is 0 Å². The van der Waals surface area contributed by atoms with Crippen LogP contribution in [-0.2, 0) is 11.2 Å². The number of rotatable bonds is 5. The molecule has 0 saturated heterocycles. The van der Waals surface area contributed by atoms with Crippen LogP contribution in [0.15, 0.2) is 18.2 Å². The minimum absolute atomic E-state index is 0.0649. The Kier molecular flexibility index (Phi) is 3.42. The Balaban J connectivity index is 1.54. The zero-order chi connectivity index (χ0) is 13.2. The normalized spacial score (nSPS) is 21.0. The molecule has 1 aromatic rings. The number of carbonyl (C=O) groups excluding carboxylic acids is 1. The van der Waals surface area contributed by atoms with E-state index in [0.717, 1.165) is 42.6 Å². The van der Waals surface area contributed by atoms with Gasteiger partial charge in [-0.15, -0.1) is 0 Å².